The van der Waals surface area contributed by atoms with E-state index < -0.39 is 0 Å². The average Bonchev–Trinajstić information content (AvgIpc) is 2.36. The van der Waals surface area contributed by atoms with Gasteiger partial charge in [0.25, 0.3) is 0 Å². The summed E-state index contributed by atoms with van der Waals surface area (Å²) in [6, 6.07) is 0. The lowest BCUT2D eigenvalue weighted by atomic mass is 9.93. The second kappa shape index (κ2) is 8.31. The highest BCUT2D eigenvalue weighted by atomic mass is 16.5. The van der Waals surface area contributed by atoms with E-state index in [1.54, 1.807) is 0 Å². The minimum Gasteiger partial charge on any atom is -0.370 e. The predicted molar refractivity (Wildman–Crippen MR) is 79.7 cm³/mol. The zero-order valence-corrected chi connectivity index (χ0v) is 12.2. The minimum absolute atomic E-state index is 0.279. The summed E-state index contributed by atoms with van der Waals surface area (Å²) in [6.07, 6.45) is 14.9. The summed E-state index contributed by atoms with van der Waals surface area (Å²) in [6.45, 7) is 10.6. The SMILES string of the molecule is C=C(CC)CC(C)CC1CC=CC(C/C=C/C)O1. The summed E-state index contributed by atoms with van der Waals surface area (Å²) in [7, 11) is 0. The third-order valence-corrected chi connectivity index (χ3v) is 3.52. The van der Waals surface area contributed by atoms with Gasteiger partial charge >= 0.3 is 0 Å². The highest BCUT2D eigenvalue weighted by molar-refractivity contribution is 5.00. The van der Waals surface area contributed by atoms with E-state index in [0.717, 1.165) is 32.1 Å². The van der Waals surface area contributed by atoms with E-state index in [9.17, 15) is 0 Å². The van der Waals surface area contributed by atoms with Gasteiger partial charge in [-0.2, -0.15) is 0 Å². The normalized spacial score (nSPS) is 25.5. The standard InChI is InChI=1S/C17H28O/c1-5-7-9-16-10-8-11-17(18-16)13-15(4)12-14(3)6-2/h5,7-8,10,15-17H,3,6,9,11-13H2,1-2,4H3/b7-5+. The van der Waals surface area contributed by atoms with E-state index in [2.05, 4.69) is 51.7 Å². The Morgan fingerprint density at radius 3 is 3.00 bits per heavy atom. The topological polar surface area (TPSA) is 9.23 Å². The molecular formula is C17H28O. The van der Waals surface area contributed by atoms with Crippen LogP contribution < -0.4 is 0 Å². The van der Waals surface area contributed by atoms with Crippen molar-refractivity contribution in [2.24, 2.45) is 5.92 Å². The summed E-state index contributed by atoms with van der Waals surface area (Å²) >= 11 is 0. The van der Waals surface area contributed by atoms with E-state index in [1.165, 1.54) is 5.57 Å². The molecule has 0 spiro atoms. The van der Waals surface area contributed by atoms with Crippen molar-refractivity contribution in [1.29, 1.82) is 0 Å². The summed E-state index contributed by atoms with van der Waals surface area (Å²) in [5.41, 5.74) is 1.36. The van der Waals surface area contributed by atoms with Crippen LogP contribution in [0.5, 0.6) is 0 Å². The Labute approximate surface area is 113 Å². The highest BCUT2D eigenvalue weighted by Gasteiger charge is 2.19. The molecular weight excluding hydrogens is 220 g/mol. The molecule has 3 unspecified atom stereocenters. The quantitative estimate of drug-likeness (QED) is 0.573. The van der Waals surface area contributed by atoms with Crippen molar-refractivity contribution in [3.63, 3.8) is 0 Å². The van der Waals surface area contributed by atoms with Gasteiger partial charge in [-0.15, -0.1) is 0 Å². The summed E-state index contributed by atoms with van der Waals surface area (Å²) < 4.78 is 6.11. The molecule has 1 rings (SSSR count). The van der Waals surface area contributed by atoms with Gasteiger partial charge in [0, 0.05) is 0 Å². The van der Waals surface area contributed by atoms with Crippen molar-refractivity contribution < 1.29 is 4.74 Å². The van der Waals surface area contributed by atoms with E-state index in [-0.39, 0.29) is 6.10 Å². The Balaban J connectivity index is 2.34. The van der Waals surface area contributed by atoms with Crippen LogP contribution in [0.25, 0.3) is 0 Å². The minimum atomic E-state index is 0.279. The third-order valence-electron chi connectivity index (χ3n) is 3.52. The van der Waals surface area contributed by atoms with Crippen LogP contribution in [-0.2, 0) is 4.74 Å². The molecule has 0 aliphatic carbocycles. The fourth-order valence-electron chi connectivity index (χ4n) is 2.46. The Hall–Kier alpha value is -0.820. The van der Waals surface area contributed by atoms with Crippen molar-refractivity contribution in [1.82, 2.24) is 0 Å². The van der Waals surface area contributed by atoms with Crippen LogP contribution in [0.4, 0.5) is 0 Å². The summed E-state index contributed by atoms with van der Waals surface area (Å²) in [5.74, 6) is 0.677. The summed E-state index contributed by atoms with van der Waals surface area (Å²) in [4.78, 5) is 0. The zero-order chi connectivity index (χ0) is 13.4. The molecule has 102 valence electrons. The van der Waals surface area contributed by atoms with Crippen molar-refractivity contribution in [3.05, 3.63) is 36.5 Å². The lowest BCUT2D eigenvalue weighted by molar-refractivity contribution is -0.00424. The van der Waals surface area contributed by atoms with E-state index >= 15 is 0 Å². The average molecular weight is 248 g/mol. The van der Waals surface area contributed by atoms with E-state index in [1.807, 2.05) is 0 Å². The van der Waals surface area contributed by atoms with E-state index in [0.29, 0.717) is 12.0 Å². The van der Waals surface area contributed by atoms with Gasteiger partial charge in [-0.1, -0.05) is 50.3 Å². The first kappa shape index (κ1) is 15.2. The van der Waals surface area contributed by atoms with Gasteiger partial charge in [0.05, 0.1) is 12.2 Å². The van der Waals surface area contributed by atoms with Crippen molar-refractivity contribution >= 4 is 0 Å². The van der Waals surface area contributed by atoms with Gasteiger partial charge in [-0.25, -0.2) is 0 Å². The smallest absolute Gasteiger partial charge is 0.0794 e. The molecule has 1 aliphatic heterocycles. The van der Waals surface area contributed by atoms with Crippen molar-refractivity contribution in [2.45, 2.75) is 65.1 Å². The fraction of sp³-hybridized carbons (Fsp3) is 0.647. The largest absolute Gasteiger partial charge is 0.370 e. The predicted octanol–water partition coefficient (Wildman–Crippen LogP) is 5.05. The molecule has 0 saturated heterocycles. The number of rotatable bonds is 7. The van der Waals surface area contributed by atoms with Crippen LogP contribution >= 0.6 is 0 Å². The molecule has 1 heteroatoms. The zero-order valence-electron chi connectivity index (χ0n) is 12.2. The molecule has 0 amide bonds. The van der Waals surface area contributed by atoms with Crippen LogP contribution in [0.2, 0.25) is 0 Å². The van der Waals surface area contributed by atoms with Crippen LogP contribution in [0.3, 0.4) is 0 Å². The molecule has 0 aromatic heterocycles. The van der Waals surface area contributed by atoms with Gasteiger partial charge in [0.1, 0.15) is 0 Å². The molecule has 0 radical (unpaired) electrons. The fourth-order valence-corrected chi connectivity index (χ4v) is 2.46. The van der Waals surface area contributed by atoms with Crippen LogP contribution in [0.1, 0.15) is 52.9 Å². The molecule has 0 aromatic carbocycles. The Morgan fingerprint density at radius 2 is 2.33 bits per heavy atom. The number of hydrogen-bond acceptors (Lipinski definition) is 1. The maximum Gasteiger partial charge on any atom is 0.0794 e. The third kappa shape index (κ3) is 5.68. The number of allylic oxidation sites excluding steroid dienone is 2. The van der Waals surface area contributed by atoms with Gasteiger partial charge < -0.3 is 4.74 Å². The highest BCUT2D eigenvalue weighted by Crippen LogP contribution is 2.24. The lowest BCUT2D eigenvalue weighted by Gasteiger charge is -2.27. The Bertz CT molecular complexity index is 301. The van der Waals surface area contributed by atoms with Crippen molar-refractivity contribution in [2.75, 3.05) is 0 Å². The maximum absolute atomic E-state index is 6.11. The van der Waals surface area contributed by atoms with Gasteiger partial charge in [0.2, 0.25) is 0 Å². The Kier molecular flexibility index (Phi) is 7.04. The van der Waals surface area contributed by atoms with Crippen LogP contribution in [0.15, 0.2) is 36.5 Å². The molecule has 0 fully saturated rings. The monoisotopic (exact) mass is 248 g/mol. The van der Waals surface area contributed by atoms with Gasteiger partial charge in [-0.3, -0.25) is 0 Å². The second-order valence-electron chi connectivity index (χ2n) is 5.41. The second-order valence-corrected chi connectivity index (χ2v) is 5.41. The molecule has 18 heavy (non-hydrogen) atoms. The molecule has 1 heterocycles. The number of ether oxygens (including phenoxy) is 1. The van der Waals surface area contributed by atoms with Gasteiger partial charge in [-0.05, 0) is 44.9 Å². The lowest BCUT2D eigenvalue weighted by Crippen LogP contribution is -2.25. The first-order valence-corrected chi connectivity index (χ1v) is 7.25. The molecule has 0 bridgehead atoms. The Morgan fingerprint density at radius 1 is 1.56 bits per heavy atom. The first-order chi connectivity index (χ1) is 8.65. The summed E-state index contributed by atoms with van der Waals surface area (Å²) in [5, 5.41) is 0. The molecule has 1 aliphatic rings. The van der Waals surface area contributed by atoms with Crippen molar-refractivity contribution in [3.8, 4) is 0 Å². The van der Waals surface area contributed by atoms with Crippen LogP contribution in [-0.4, -0.2) is 12.2 Å². The number of hydrogen-bond donors (Lipinski definition) is 0. The molecule has 3 atom stereocenters. The first-order valence-electron chi connectivity index (χ1n) is 7.25. The molecule has 0 saturated carbocycles. The maximum atomic E-state index is 6.11. The molecule has 0 N–H and O–H groups in total. The molecule has 0 aromatic rings. The molecule has 1 nitrogen and oxygen atoms in total. The van der Waals surface area contributed by atoms with E-state index in [4.69, 9.17) is 4.74 Å². The van der Waals surface area contributed by atoms with Gasteiger partial charge in [0.15, 0.2) is 0 Å². The van der Waals surface area contributed by atoms with Crippen LogP contribution in [0, 0.1) is 5.92 Å².